The van der Waals surface area contributed by atoms with Crippen molar-refractivity contribution in [1.82, 2.24) is 5.32 Å². The average Bonchev–Trinajstić information content (AvgIpc) is 2.69. The number of benzene rings is 2. The molecule has 0 radical (unpaired) electrons. The van der Waals surface area contributed by atoms with E-state index in [-0.39, 0.29) is 12.5 Å². The number of para-hydroxylation sites is 1. The van der Waals surface area contributed by atoms with Crippen LogP contribution < -0.4 is 19.1 Å². The van der Waals surface area contributed by atoms with Gasteiger partial charge in [0.2, 0.25) is 10.0 Å². The minimum Gasteiger partial charge on any atom is -0.491 e. The molecule has 0 aliphatic heterocycles. The van der Waals surface area contributed by atoms with E-state index in [1.54, 1.807) is 24.3 Å². The maximum atomic E-state index is 11.9. The maximum absolute atomic E-state index is 11.9. The van der Waals surface area contributed by atoms with Crippen molar-refractivity contribution in [2.24, 2.45) is 0 Å². The molecule has 0 spiro atoms. The number of nitrogens with zero attached hydrogens (tertiary/aromatic N) is 1. The smallest absolute Gasteiger partial charge is 0.258 e. The molecule has 2 aromatic rings. The summed E-state index contributed by atoms with van der Waals surface area (Å²) in [6.07, 6.45) is 1.13. The van der Waals surface area contributed by atoms with E-state index < -0.39 is 10.0 Å². The second-order valence-corrected chi connectivity index (χ2v) is 8.92. The molecule has 0 aliphatic rings. The molecule has 0 aromatic heterocycles. The lowest BCUT2D eigenvalue weighted by atomic mass is 10.0. The molecule has 0 bridgehead atoms. The van der Waals surface area contributed by atoms with Gasteiger partial charge in [0.05, 0.1) is 18.5 Å². The molecule has 158 valence electrons. The summed E-state index contributed by atoms with van der Waals surface area (Å²) in [4.78, 5) is 11.9. The molecule has 0 fully saturated rings. The van der Waals surface area contributed by atoms with E-state index >= 15 is 0 Å². The highest BCUT2D eigenvalue weighted by molar-refractivity contribution is 7.92. The van der Waals surface area contributed by atoms with Crippen LogP contribution in [-0.2, 0) is 14.8 Å². The molecule has 0 heterocycles. The molecule has 0 aliphatic carbocycles. The van der Waals surface area contributed by atoms with Crippen molar-refractivity contribution in [3.8, 4) is 11.5 Å². The largest absolute Gasteiger partial charge is 0.491 e. The Balaban J connectivity index is 1.74. The van der Waals surface area contributed by atoms with Crippen LogP contribution in [0.2, 0.25) is 0 Å². The van der Waals surface area contributed by atoms with Crippen molar-refractivity contribution in [2.75, 3.05) is 37.4 Å². The fraction of sp³-hybridized carbons (Fsp3) is 0.381. The summed E-state index contributed by atoms with van der Waals surface area (Å²) in [7, 11) is -1.85. The molecule has 0 saturated carbocycles. The third kappa shape index (κ3) is 6.98. The van der Waals surface area contributed by atoms with Crippen LogP contribution >= 0.6 is 0 Å². The van der Waals surface area contributed by atoms with E-state index in [9.17, 15) is 13.2 Å². The second-order valence-electron chi connectivity index (χ2n) is 6.90. The van der Waals surface area contributed by atoms with Crippen molar-refractivity contribution in [3.63, 3.8) is 0 Å². The van der Waals surface area contributed by atoms with E-state index in [1.165, 1.54) is 11.4 Å². The Morgan fingerprint density at radius 1 is 1.07 bits per heavy atom. The lowest BCUT2D eigenvalue weighted by molar-refractivity contribution is -0.123. The number of hydrogen-bond donors (Lipinski definition) is 1. The Morgan fingerprint density at radius 3 is 2.34 bits per heavy atom. The van der Waals surface area contributed by atoms with Gasteiger partial charge in [-0.1, -0.05) is 32.0 Å². The first-order valence-corrected chi connectivity index (χ1v) is 11.2. The summed E-state index contributed by atoms with van der Waals surface area (Å²) in [5, 5.41) is 2.74. The van der Waals surface area contributed by atoms with Crippen molar-refractivity contribution in [3.05, 3.63) is 54.1 Å². The van der Waals surface area contributed by atoms with Gasteiger partial charge in [-0.2, -0.15) is 0 Å². The van der Waals surface area contributed by atoms with Gasteiger partial charge in [0.25, 0.3) is 5.91 Å². The summed E-state index contributed by atoms with van der Waals surface area (Å²) in [6, 6.07) is 14.3. The fourth-order valence-electron chi connectivity index (χ4n) is 2.58. The van der Waals surface area contributed by atoms with Gasteiger partial charge >= 0.3 is 0 Å². The predicted molar refractivity (Wildman–Crippen MR) is 114 cm³/mol. The van der Waals surface area contributed by atoms with Crippen LogP contribution in [0.5, 0.6) is 11.5 Å². The molecule has 29 heavy (non-hydrogen) atoms. The molecule has 7 nitrogen and oxygen atoms in total. The van der Waals surface area contributed by atoms with Crippen LogP contribution in [0, 0.1) is 0 Å². The minimum atomic E-state index is -3.32. The summed E-state index contributed by atoms with van der Waals surface area (Å²) in [5.74, 6) is 1.40. The number of hydrogen-bond acceptors (Lipinski definition) is 5. The van der Waals surface area contributed by atoms with E-state index in [1.807, 2.05) is 24.3 Å². The lowest BCUT2D eigenvalue weighted by Crippen LogP contribution is -2.32. The van der Waals surface area contributed by atoms with Gasteiger partial charge in [-0.3, -0.25) is 9.10 Å². The predicted octanol–water partition coefficient (Wildman–Crippen LogP) is 2.78. The monoisotopic (exact) mass is 420 g/mol. The molecule has 8 heteroatoms. The zero-order valence-electron chi connectivity index (χ0n) is 17.2. The number of rotatable bonds is 10. The van der Waals surface area contributed by atoms with Gasteiger partial charge in [-0.15, -0.1) is 0 Å². The fourth-order valence-corrected chi connectivity index (χ4v) is 3.09. The topological polar surface area (TPSA) is 84.9 Å². The summed E-state index contributed by atoms with van der Waals surface area (Å²) >= 11 is 0. The van der Waals surface area contributed by atoms with Gasteiger partial charge in [-0.05, 0) is 41.8 Å². The Bertz CT molecular complexity index is 911. The number of nitrogens with one attached hydrogen (secondary N) is 1. The number of amides is 1. The van der Waals surface area contributed by atoms with E-state index in [2.05, 4.69) is 19.2 Å². The number of anilines is 1. The number of carbonyl (C=O) groups excluding carboxylic acids is 1. The maximum Gasteiger partial charge on any atom is 0.258 e. The highest BCUT2D eigenvalue weighted by Gasteiger charge is 2.12. The number of sulfonamides is 1. The summed E-state index contributed by atoms with van der Waals surface area (Å²) < 4.78 is 35.4. The molecule has 0 saturated heterocycles. The quantitative estimate of drug-likeness (QED) is 0.598. The van der Waals surface area contributed by atoms with Crippen LogP contribution in [-0.4, -0.2) is 47.4 Å². The Morgan fingerprint density at radius 2 is 1.72 bits per heavy atom. The van der Waals surface area contributed by atoms with Crippen molar-refractivity contribution >= 4 is 21.6 Å². The Kier molecular flexibility index (Phi) is 7.90. The average molecular weight is 421 g/mol. The molecular formula is C21H28N2O5S. The molecule has 0 unspecified atom stereocenters. The van der Waals surface area contributed by atoms with Crippen molar-refractivity contribution in [1.29, 1.82) is 0 Å². The highest BCUT2D eigenvalue weighted by Crippen LogP contribution is 2.25. The summed E-state index contributed by atoms with van der Waals surface area (Å²) in [5.41, 5.74) is 1.65. The second kappa shape index (κ2) is 10.2. The first-order valence-electron chi connectivity index (χ1n) is 9.33. The van der Waals surface area contributed by atoms with Gasteiger partial charge < -0.3 is 14.8 Å². The van der Waals surface area contributed by atoms with Crippen LogP contribution in [0.3, 0.4) is 0 Å². The Hall–Kier alpha value is -2.74. The molecule has 1 N–H and O–H groups in total. The van der Waals surface area contributed by atoms with Crippen LogP contribution in [0.25, 0.3) is 0 Å². The van der Waals surface area contributed by atoms with E-state index in [0.29, 0.717) is 30.5 Å². The van der Waals surface area contributed by atoms with Crippen LogP contribution in [0.4, 0.5) is 5.69 Å². The molecule has 0 atom stereocenters. The molecule has 2 aromatic carbocycles. The SMILES string of the molecule is CC(C)c1ccccc1OCCNC(=O)COc1ccc(N(C)S(C)(=O)=O)cc1. The molecular weight excluding hydrogens is 392 g/mol. The number of carbonyl (C=O) groups is 1. The van der Waals surface area contributed by atoms with Gasteiger partial charge in [0.15, 0.2) is 6.61 Å². The van der Waals surface area contributed by atoms with Crippen molar-refractivity contribution < 1.29 is 22.7 Å². The highest BCUT2D eigenvalue weighted by atomic mass is 32.2. The van der Waals surface area contributed by atoms with E-state index in [0.717, 1.165) is 17.6 Å². The first kappa shape index (κ1) is 22.5. The molecule has 2 rings (SSSR count). The first-order chi connectivity index (χ1) is 13.7. The third-order valence-electron chi connectivity index (χ3n) is 4.29. The van der Waals surface area contributed by atoms with Gasteiger partial charge in [0, 0.05) is 7.05 Å². The normalized spacial score (nSPS) is 11.2. The van der Waals surface area contributed by atoms with Crippen LogP contribution in [0.1, 0.15) is 25.3 Å². The van der Waals surface area contributed by atoms with Crippen molar-refractivity contribution in [2.45, 2.75) is 19.8 Å². The standard InChI is InChI=1S/C21H28N2O5S/c1-16(2)19-7-5-6-8-20(19)27-14-13-22-21(24)15-28-18-11-9-17(10-12-18)23(3)29(4,25)26/h5-12,16H,13-15H2,1-4H3,(H,22,24). The summed E-state index contributed by atoms with van der Waals surface area (Å²) in [6.45, 7) is 4.80. The zero-order valence-corrected chi connectivity index (χ0v) is 18.0. The van der Waals surface area contributed by atoms with E-state index in [4.69, 9.17) is 9.47 Å². The minimum absolute atomic E-state index is 0.135. The molecule has 1 amide bonds. The van der Waals surface area contributed by atoms with Crippen LogP contribution in [0.15, 0.2) is 48.5 Å². The Labute approximate surface area is 172 Å². The van der Waals surface area contributed by atoms with Gasteiger partial charge in [0.1, 0.15) is 18.1 Å². The third-order valence-corrected chi connectivity index (χ3v) is 5.50. The lowest BCUT2D eigenvalue weighted by Gasteiger charge is -2.17. The number of ether oxygens (including phenoxy) is 2. The zero-order chi connectivity index (χ0) is 21.4. The van der Waals surface area contributed by atoms with Gasteiger partial charge in [-0.25, -0.2) is 8.42 Å².